The maximum absolute atomic E-state index is 13.3. The van der Waals surface area contributed by atoms with E-state index in [9.17, 15) is 9.18 Å². The van der Waals surface area contributed by atoms with Gasteiger partial charge in [0, 0.05) is 10.9 Å². The Morgan fingerprint density at radius 1 is 1.19 bits per heavy atom. The molecule has 0 N–H and O–H groups in total. The third-order valence-corrected chi connectivity index (χ3v) is 5.33. The summed E-state index contributed by atoms with van der Waals surface area (Å²) in [6, 6.07) is 13.8. The first-order chi connectivity index (χ1) is 13.1. The first kappa shape index (κ1) is 15.9. The SMILES string of the molecule is Cc1c(-c2nc3s/c(=C\c4cccc(F)c4)c(=O)n3n2)oc2ccccc12. The molecule has 27 heavy (non-hydrogen) atoms. The molecule has 2 aromatic carbocycles. The summed E-state index contributed by atoms with van der Waals surface area (Å²) in [5.41, 5.74) is 2.02. The van der Waals surface area contributed by atoms with Crippen LogP contribution in [0.4, 0.5) is 4.39 Å². The van der Waals surface area contributed by atoms with Gasteiger partial charge in [0.1, 0.15) is 11.4 Å². The Morgan fingerprint density at radius 3 is 2.81 bits per heavy atom. The van der Waals surface area contributed by atoms with E-state index in [-0.39, 0.29) is 11.4 Å². The van der Waals surface area contributed by atoms with E-state index in [1.165, 1.54) is 28.0 Å². The highest BCUT2D eigenvalue weighted by Gasteiger charge is 2.18. The lowest BCUT2D eigenvalue weighted by molar-refractivity contribution is 0.622. The normalized spacial score (nSPS) is 12.4. The molecule has 0 bridgehead atoms. The Morgan fingerprint density at radius 2 is 2.04 bits per heavy atom. The third-order valence-electron chi connectivity index (χ3n) is 4.38. The Labute approximate surface area is 156 Å². The van der Waals surface area contributed by atoms with Crippen molar-refractivity contribution in [2.24, 2.45) is 0 Å². The van der Waals surface area contributed by atoms with Crippen LogP contribution in [0, 0.1) is 12.7 Å². The van der Waals surface area contributed by atoms with Crippen molar-refractivity contribution >= 4 is 33.3 Å². The Hall–Kier alpha value is -3.32. The molecular weight excluding hydrogens is 365 g/mol. The van der Waals surface area contributed by atoms with Crippen molar-refractivity contribution in [3.05, 3.63) is 80.4 Å². The second kappa shape index (κ2) is 5.85. The predicted octanol–water partition coefficient (Wildman–Crippen LogP) is 3.56. The van der Waals surface area contributed by atoms with Gasteiger partial charge in [-0.3, -0.25) is 4.79 Å². The number of benzene rings is 2. The Balaban J connectivity index is 1.65. The van der Waals surface area contributed by atoms with E-state index in [1.807, 2.05) is 31.2 Å². The van der Waals surface area contributed by atoms with Crippen molar-refractivity contribution in [2.45, 2.75) is 6.92 Å². The van der Waals surface area contributed by atoms with Crippen molar-refractivity contribution < 1.29 is 8.81 Å². The van der Waals surface area contributed by atoms with Gasteiger partial charge in [0.05, 0.1) is 4.53 Å². The van der Waals surface area contributed by atoms with Gasteiger partial charge in [0.15, 0.2) is 5.76 Å². The highest BCUT2D eigenvalue weighted by molar-refractivity contribution is 7.15. The average Bonchev–Trinajstić information content (AvgIpc) is 3.29. The van der Waals surface area contributed by atoms with Crippen LogP contribution in [-0.4, -0.2) is 14.6 Å². The standard InChI is InChI=1S/C20H12FN3O2S/c1-11-14-7-2-3-8-15(14)26-17(11)18-22-20-24(23-18)19(25)16(27-20)10-12-5-4-6-13(21)9-12/h2-10H,1H3/b16-10-. The summed E-state index contributed by atoms with van der Waals surface area (Å²) >= 11 is 1.21. The first-order valence-electron chi connectivity index (χ1n) is 8.25. The molecule has 0 fully saturated rings. The van der Waals surface area contributed by atoms with Gasteiger partial charge in [-0.05, 0) is 36.8 Å². The zero-order valence-electron chi connectivity index (χ0n) is 14.1. The van der Waals surface area contributed by atoms with Crippen LogP contribution in [0.1, 0.15) is 11.1 Å². The number of furan rings is 1. The molecule has 3 heterocycles. The second-order valence-electron chi connectivity index (χ2n) is 6.15. The fraction of sp³-hybridized carbons (Fsp3) is 0.0500. The van der Waals surface area contributed by atoms with Gasteiger partial charge < -0.3 is 4.42 Å². The number of nitrogens with zero attached hydrogens (tertiary/aromatic N) is 3. The van der Waals surface area contributed by atoms with Crippen LogP contribution < -0.4 is 10.1 Å². The Kier molecular flexibility index (Phi) is 3.45. The van der Waals surface area contributed by atoms with E-state index in [0.29, 0.717) is 26.6 Å². The van der Waals surface area contributed by atoms with Crippen molar-refractivity contribution in [1.82, 2.24) is 14.6 Å². The maximum Gasteiger partial charge on any atom is 0.291 e. The number of para-hydroxylation sites is 1. The topological polar surface area (TPSA) is 60.4 Å². The zero-order chi connectivity index (χ0) is 18.5. The lowest BCUT2D eigenvalue weighted by atomic mass is 10.1. The van der Waals surface area contributed by atoms with Crippen molar-refractivity contribution in [2.75, 3.05) is 0 Å². The molecule has 0 saturated heterocycles. The Bertz CT molecular complexity index is 1430. The van der Waals surface area contributed by atoms with Crippen LogP contribution >= 0.6 is 11.3 Å². The molecule has 0 atom stereocenters. The molecule has 0 radical (unpaired) electrons. The van der Waals surface area contributed by atoms with Crippen LogP contribution in [0.15, 0.2) is 57.7 Å². The fourth-order valence-corrected chi connectivity index (χ4v) is 3.97. The predicted molar refractivity (Wildman–Crippen MR) is 102 cm³/mol. The van der Waals surface area contributed by atoms with Crippen LogP contribution in [0.3, 0.4) is 0 Å². The monoisotopic (exact) mass is 377 g/mol. The summed E-state index contributed by atoms with van der Waals surface area (Å²) in [4.78, 5) is 17.6. The first-order valence-corrected chi connectivity index (χ1v) is 9.07. The summed E-state index contributed by atoms with van der Waals surface area (Å²) < 4.78 is 20.9. The number of fused-ring (bicyclic) bond motifs is 2. The highest BCUT2D eigenvalue weighted by Crippen LogP contribution is 2.31. The van der Waals surface area contributed by atoms with Gasteiger partial charge >= 0.3 is 0 Å². The summed E-state index contributed by atoms with van der Waals surface area (Å²) in [6.45, 7) is 1.94. The molecule has 7 heteroatoms. The molecule has 0 aliphatic carbocycles. The molecule has 5 nitrogen and oxygen atoms in total. The van der Waals surface area contributed by atoms with Gasteiger partial charge in [-0.2, -0.15) is 9.50 Å². The van der Waals surface area contributed by atoms with Crippen molar-refractivity contribution in [3.63, 3.8) is 0 Å². The minimum absolute atomic E-state index is 0.285. The maximum atomic E-state index is 13.3. The number of hydrogen-bond acceptors (Lipinski definition) is 5. The largest absolute Gasteiger partial charge is 0.452 e. The smallest absolute Gasteiger partial charge is 0.291 e. The van der Waals surface area contributed by atoms with E-state index in [2.05, 4.69) is 10.1 Å². The van der Waals surface area contributed by atoms with Gasteiger partial charge in [0.25, 0.3) is 5.56 Å². The van der Waals surface area contributed by atoms with Gasteiger partial charge in [-0.15, -0.1) is 5.10 Å². The molecule has 0 saturated carbocycles. The van der Waals surface area contributed by atoms with Crippen LogP contribution in [0.5, 0.6) is 0 Å². The van der Waals surface area contributed by atoms with E-state index in [0.717, 1.165) is 16.5 Å². The molecule has 5 aromatic rings. The molecule has 0 unspecified atom stereocenters. The molecule has 0 amide bonds. The molecule has 132 valence electrons. The highest BCUT2D eigenvalue weighted by atomic mass is 32.1. The molecule has 3 aromatic heterocycles. The summed E-state index contributed by atoms with van der Waals surface area (Å²) in [6.07, 6.45) is 1.64. The van der Waals surface area contributed by atoms with Gasteiger partial charge in [-0.1, -0.05) is 41.7 Å². The zero-order valence-corrected chi connectivity index (χ0v) is 15.0. The van der Waals surface area contributed by atoms with E-state index < -0.39 is 0 Å². The number of hydrogen-bond donors (Lipinski definition) is 0. The van der Waals surface area contributed by atoms with E-state index in [1.54, 1.807) is 18.2 Å². The van der Waals surface area contributed by atoms with Crippen LogP contribution in [0.2, 0.25) is 0 Å². The number of rotatable bonds is 2. The van der Waals surface area contributed by atoms with Crippen LogP contribution in [-0.2, 0) is 0 Å². The molecular formula is C20H12FN3O2S. The number of halogens is 1. The van der Waals surface area contributed by atoms with Gasteiger partial charge in [-0.25, -0.2) is 4.39 Å². The summed E-state index contributed by atoms with van der Waals surface area (Å²) in [5.74, 6) is 0.588. The number of aryl methyl sites for hydroxylation is 1. The van der Waals surface area contributed by atoms with Crippen molar-refractivity contribution in [3.8, 4) is 11.6 Å². The molecule has 0 spiro atoms. The number of thiazole rings is 1. The second-order valence-corrected chi connectivity index (χ2v) is 7.16. The number of aromatic nitrogens is 3. The fourth-order valence-electron chi connectivity index (χ4n) is 3.07. The minimum Gasteiger partial charge on any atom is -0.452 e. The molecule has 5 rings (SSSR count). The van der Waals surface area contributed by atoms with Crippen LogP contribution in [0.25, 0.3) is 33.6 Å². The summed E-state index contributed by atoms with van der Waals surface area (Å²) in [7, 11) is 0. The lowest BCUT2D eigenvalue weighted by Gasteiger charge is -1.91. The van der Waals surface area contributed by atoms with E-state index in [4.69, 9.17) is 4.42 Å². The molecule has 0 aliphatic rings. The average molecular weight is 377 g/mol. The van der Waals surface area contributed by atoms with Gasteiger partial charge in [0.2, 0.25) is 10.8 Å². The molecule has 0 aliphatic heterocycles. The van der Waals surface area contributed by atoms with Crippen molar-refractivity contribution in [1.29, 1.82) is 0 Å². The third kappa shape index (κ3) is 2.55. The van der Waals surface area contributed by atoms with E-state index >= 15 is 0 Å². The summed E-state index contributed by atoms with van der Waals surface area (Å²) in [5, 5.41) is 5.33. The quantitative estimate of drug-likeness (QED) is 0.472. The minimum atomic E-state index is -0.349. The lowest BCUT2D eigenvalue weighted by Crippen LogP contribution is -2.23.